The van der Waals surface area contributed by atoms with Gasteiger partial charge in [0.05, 0.1) is 11.1 Å². The zero-order valence-corrected chi connectivity index (χ0v) is 11.6. The van der Waals surface area contributed by atoms with Gasteiger partial charge in [-0.3, -0.25) is 4.98 Å². The number of aliphatic hydroxyl groups excluding tert-OH is 1. The van der Waals surface area contributed by atoms with E-state index in [1.54, 1.807) is 12.3 Å². The lowest BCUT2D eigenvalue weighted by molar-refractivity contribution is 0.169. The number of pyridine rings is 1. The van der Waals surface area contributed by atoms with Gasteiger partial charge in [-0.05, 0) is 37.6 Å². The molecule has 21 heavy (non-hydrogen) atoms. The van der Waals surface area contributed by atoms with Crippen LogP contribution < -0.4 is 10.1 Å². The number of rotatable bonds is 3. The van der Waals surface area contributed by atoms with E-state index in [1.165, 1.54) is 12.1 Å². The second kappa shape index (κ2) is 5.69. The summed E-state index contributed by atoms with van der Waals surface area (Å²) in [5, 5.41) is 13.3. The third-order valence-corrected chi connectivity index (χ3v) is 3.65. The predicted octanol–water partition coefficient (Wildman–Crippen LogP) is 3.03. The minimum Gasteiger partial charge on any atom is -0.508 e. The molecule has 2 aromatic rings. The lowest BCUT2D eigenvalue weighted by atomic mass is 10.1. The Labute approximate surface area is 122 Å². The topological polar surface area (TPSA) is 54.4 Å². The highest BCUT2D eigenvalue weighted by Gasteiger charge is 2.17. The van der Waals surface area contributed by atoms with Crippen molar-refractivity contribution in [3.05, 3.63) is 42.4 Å². The smallest absolute Gasteiger partial charge is 0.135 e. The van der Waals surface area contributed by atoms with Gasteiger partial charge in [-0.2, -0.15) is 0 Å². The van der Waals surface area contributed by atoms with Crippen LogP contribution in [0, 0.1) is 5.82 Å². The number of nitrogens with one attached hydrogen (secondary N) is 1. The number of hydrogen-bond donors (Lipinski definition) is 2. The van der Waals surface area contributed by atoms with Crippen LogP contribution in [0.2, 0.25) is 0 Å². The normalized spacial score (nSPS) is 18.6. The van der Waals surface area contributed by atoms with E-state index in [4.69, 9.17) is 4.74 Å². The summed E-state index contributed by atoms with van der Waals surface area (Å²) in [6, 6.07) is 4.56. The molecule has 1 fully saturated rings. The molecular weight excluding hydrogens is 271 g/mol. The Morgan fingerprint density at radius 3 is 3.05 bits per heavy atom. The van der Waals surface area contributed by atoms with Crippen molar-refractivity contribution in [3.63, 3.8) is 0 Å². The summed E-state index contributed by atoms with van der Waals surface area (Å²) >= 11 is 0. The van der Waals surface area contributed by atoms with Crippen molar-refractivity contribution >= 4 is 16.7 Å². The van der Waals surface area contributed by atoms with Crippen LogP contribution in [-0.2, 0) is 0 Å². The van der Waals surface area contributed by atoms with Gasteiger partial charge in [-0.1, -0.05) is 6.58 Å². The van der Waals surface area contributed by atoms with Gasteiger partial charge in [0.2, 0.25) is 0 Å². The first-order valence-corrected chi connectivity index (χ1v) is 6.99. The lowest BCUT2D eigenvalue weighted by Gasteiger charge is -2.24. The molecular formula is C16H17FN2O2. The van der Waals surface area contributed by atoms with E-state index in [9.17, 15) is 9.50 Å². The van der Waals surface area contributed by atoms with E-state index < -0.39 is 5.82 Å². The fourth-order valence-electron chi connectivity index (χ4n) is 2.56. The average molecular weight is 288 g/mol. The van der Waals surface area contributed by atoms with Crippen LogP contribution >= 0.6 is 0 Å². The quantitative estimate of drug-likeness (QED) is 0.852. The average Bonchev–Trinajstić information content (AvgIpc) is 2.48. The van der Waals surface area contributed by atoms with Crippen molar-refractivity contribution < 1.29 is 14.2 Å². The van der Waals surface area contributed by atoms with Gasteiger partial charge in [-0.25, -0.2) is 4.39 Å². The number of aliphatic hydroxyl groups is 1. The van der Waals surface area contributed by atoms with E-state index in [2.05, 4.69) is 16.9 Å². The lowest BCUT2D eigenvalue weighted by Crippen LogP contribution is -2.37. The van der Waals surface area contributed by atoms with Crippen LogP contribution in [0.3, 0.4) is 0 Å². The van der Waals surface area contributed by atoms with E-state index in [0.717, 1.165) is 25.9 Å². The molecule has 1 saturated heterocycles. The number of benzene rings is 1. The van der Waals surface area contributed by atoms with Crippen molar-refractivity contribution in [2.75, 3.05) is 13.1 Å². The molecule has 0 spiro atoms. The number of ether oxygens (including phenoxy) is 1. The number of nitrogens with zero attached hydrogens (tertiary/aromatic N) is 1. The molecule has 2 N–H and O–H groups in total. The predicted molar refractivity (Wildman–Crippen MR) is 79.9 cm³/mol. The molecule has 0 unspecified atom stereocenters. The Kier molecular flexibility index (Phi) is 3.75. The largest absolute Gasteiger partial charge is 0.508 e. The van der Waals surface area contributed by atoms with Crippen LogP contribution in [0.25, 0.3) is 16.7 Å². The van der Waals surface area contributed by atoms with E-state index in [-0.39, 0.29) is 17.4 Å². The third-order valence-electron chi connectivity index (χ3n) is 3.65. The molecule has 3 rings (SSSR count). The fraction of sp³-hybridized carbons (Fsp3) is 0.312. The first-order valence-electron chi connectivity index (χ1n) is 6.99. The van der Waals surface area contributed by atoms with E-state index >= 15 is 0 Å². The van der Waals surface area contributed by atoms with Gasteiger partial charge in [0, 0.05) is 18.1 Å². The van der Waals surface area contributed by atoms with Gasteiger partial charge in [-0.15, -0.1) is 0 Å². The maximum atomic E-state index is 14.0. The molecule has 1 aromatic heterocycles. The van der Waals surface area contributed by atoms with Crippen LogP contribution in [0.5, 0.6) is 5.75 Å². The third kappa shape index (κ3) is 2.83. The Morgan fingerprint density at radius 2 is 2.33 bits per heavy atom. The number of fused-ring (bicyclic) bond motifs is 1. The molecule has 0 aliphatic carbocycles. The summed E-state index contributed by atoms with van der Waals surface area (Å²) in [5.74, 6) is -0.226. The molecule has 0 amide bonds. The maximum Gasteiger partial charge on any atom is 0.135 e. The molecule has 4 nitrogen and oxygen atoms in total. The number of piperidine rings is 1. The standard InChI is InChI=1S/C16H17FN2O2/c1-10(20)12-8-15-13(7-14(12)17)16(4-6-19-15)21-11-3-2-5-18-9-11/h4,6-8,11,18,20H,1-3,5,9H2/t11-/m1/s1. The van der Waals surface area contributed by atoms with Crippen molar-refractivity contribution in [2.45, 2.75) is 18.9 Å². The molecule has 0 saturated carbocycles. The highest BCUT2D eigenvalue weighted by molar-refractivity contribution is 5.87. The molecule has 0 bridgehead atoms. The number of halogens is 1. The summed E-state index contributed by atoms with van der Waals surface area (Å²) in [6.07, 6.45) is 3.75. The first kappa shape index (κ1) is 13.8. The number of aromatic nitrogens is 1. The molecule has 5 heteroatoms. The molecule has 1 aliphatic heterocycles. The van der Waals surface area contributed by atoms with Gasteiger partial charge in [0.15, 0.2) is 0 Å². The Balaban J connectivity index is 1.99. The molecule has 1 aliphatic rings. The summed E-state index contributed by atoms with van der Waals surface area (Å²) in [4.78, 5) is 4.20. The zero-order chi connectivity index (χ0) is 14.8. The van der Waals surface area contributed by atoms with Gasteiger partial charge in [0.1, 0.15) is 23.4 Å². The number of hydrogen-bond acceptors (Lipinski definition) is 4. The van der Waals surface area contributed by atoms with E-state index in [1.807, 2.05) is 0 Å². The molecule has 110 valence electrons. The molecule has 1 atom stereocenters. The molecule has 0 radical (unpaired) electrons. The second-order valence-corrected chi connectivity index (χ2v) is 5.19. The Bertz CT molecular complexity index is 681. The first-order chi connectivity index (χ1) is 10.1. The van der Waals surface area contributed by atoms with Gasteiger partial charge >= 0.3 is 0 Å². The Hall–Kier alpha value is -2.14. The highest BCUT2D eigenvalue weighted by atomic mass is 19.1. The minimum atomic E-state index is -0.533. The van der Waals surface area contributed by atoms with Crippen LogP contribution in [0.15, 0.2) is 31.0 Å². The summed E-state index contributed by atoms with van der Waals surface area (Å²) in [7, 11) is 0. The maximum absolute atomic E-state index is 14.0. The summed E-state index contributed by atoms with van der Waals surface area (Å²) < 4.78 is 20.0. The Morgan fingerprint density at radius 1 is 1.48 bits per heavy atom. The molecule has 1 aromatic carbocycles. The van der Waals surface area contributed by atoms with Crippen LogP contribution in [0.1, 0.15) is 18.4 Å². The highest BCUT2D eigenvalue weighted by Crippen LogP contribution is 2.29. The fourth-order valence-corrected chi connectivity index (χ4v) is 2.56. The summed E-state index contributed by atoms with van der Waals surface area (Å²) in [6.45, 7) is 5.15. The minimum absolute atomic E-state index is 0.0616. The van der Waals surface area contributed by atoms with Gasteiger partial charge < -0.3 is 15.2 Å². The van der Waals surface area contributed by atoms with Crippen molar-refractivity contribution in [1.82, 2.24) is 10.3 Å². The van der Waals surface area contributed by atoms with Crippen molar-refractivity contribution in [1.29, 1.82) is 0 Å². The second-order valence-electron chi connectivity index (χ2n) is 5.19. The van der Waals surface area contributed by atoms with Gasteiger partial charge in [0.25, 0.3) is 0 Å². The van der Waals surface area contributed by atoms with Crippen molar-refractivity contribution in [2.24, 2.45) is 0 Å². The SMILES string of the molecule is C=C(O)c1cc2nccc(O[C@@H]3CCCNC3)c2cc1F. The monoisotopic (exact) mass is 288 g/mol. The van der Waals surface area contributed by atoms with Crippen LogP contribution in [0.4, 0.5) is 4.39 Å². The van der Waals surface area contributed by atoms with E-state index in [0.29, 0.717) is 16.7 Å². The summed E-state index contributed by atoms with van der Waals surface area (Å²) in [5.41, 5.74) is 0.634. The molecule has 2 heterocycles. The van der Waals surface area contributed by atoms with Crippen LogP contribution in [-0.4, -0.2) is 29.3 Å². The van der Waals surface area contributed by atoms with Crippen molar-refractivity contribution in [3.8, 4) is 5.75 Å². The zero-order valence-electron chi connectivity index (χ0n) is 11.6.